The standard InChI is InChI=1S/C12H24N4O4/c17-11(18)9-15-7-5-3-1-2-4-6-8-16(14-13-15)10-12(19)20/h13-14H,1-10H2,(H,17,18)(H,19,20). The molecule has 0 spiro atoms. The zero-order valence-corrected chi connectivity index (χ0v) is 11.7. The molecule has 0 aromatic carbocycles. The molecule has 0 aromatic rings. The molecule has 8 heteroatoms. The molecular formula is C12H24N4O4. The lowest BCUT2D eigenvalue weighted by molar-refractivity contribution is -0.143. The second-order valence-corrected chi connectivity index (χ2v) is 4.98. The highest BCUT2D eigenvalue weighted by molar-refractivity contribution is 5.69. The van der Waals surface area contributed by atoms with Crippen molar-refractivity contribution in [3.63, 3.8) is 0 Å². The van der Waals surface area contributed by atoms with Gasteiger partial charge in [0.1, 0.15) is 13.1 Å². The molecule has 20 heavy (non-hydrogen) atoms. The summed E-state index contributed by atoms with van der Waals surface area (Å²) in [4.78, 5) is 21.6. The average Bonchev–Trinajstić information content (AvgIpc) is 2.34. The summed E-state index contributed by atoms with van der Waals surface area (Å²) in [6.45, 7) is 0.961. The van der Waals surface area contributed by atoms with E-state index >= 15 is 0 Å². The second kappa shape index (κ2) is 9.65. The first kappa shape index (κ1) is 16.8. The second-order valence-electron chi connectivity index (χ2n) is 4.98. The van der Waals surface area contributed by atoms with E-state index in [0.29, 0.717) is 13.1 Å². The van der Waals surface area contributed by atoms with Gasteiger partial charge in [0.25, 0.3) is 0 Å². The van der Waals surface area contributed by atoms with E-state index in [4.69, 9.17) is 10.2 Å². The molecule has 8 nitrogen and oxygen atoms in total. The fraction of sp³-hybridized carbons (Fsp3) is 0.833. The van der Waals surface area contributed by atoms with Crippen molar-refractivity contribution in [2.75, 3.05) is 26.2 Å². The largest absolute Gasteiger partial charge is 0.480 e. The monoisotopic (exact) mass is 288 g/mol. The minimum absolute atomic E-state index is 0.131. The van der Waals surface area contributed by atoms with Crippen molar-refractivity contribution in [1.82, 2.24) is 21.1 Å². The third-order valence-corrected chi connectivity index (χ3v) is 3.12. The van der Waals surface area contributed by atoms with Gasteiger partial charge in [-0.1, -0.05) is 25.7 Å². The summed E-state index contributed by atoms with van der Waals surface area (Å²) in [5.41, 5.74) is 5.58. The van der Waals surface area contributed by atoms with Crippen LogP contribution in [0.15, 0.2) is 0 Å². The van der Waals surface area contributed by atoms with Gasteiger partial charge in [-0.05, 0) is 12.8 Å². The lowest BCUT2D eigenvalue weighted by Gasteiger charge is -2.28. The zero-order chi connectivity index (χ0) is 14.8. The highest BCUT2D eigenvalue weighted by atomic mass is 16.4. The van der Waals surface area contributed by atoms with Crippen LogP contribution in [-0.2, 0) is 9.59 Å². The van der Waals surface area contributed by atoms with Crippen molar-refractivity contribution in [3.8, 4) is 0 Å². The molecular weight excluding hydrogens is 264 g/mol. The van der Waals surface area contributed by atoms with Gasteiger partial charge in [0.2, 0.25) is 0 Å². The van der Waals surface area contributed by atoms with E-state index in [2.05, 4.69) is 11.1 Å². The Kier molecular flexibility index (Phi) is 8.12. The van der Waals surface area contributed by atoms with Gasteiger partial charge in [-0.3, -0.25) is 9.59 Å². The van der Waals surface area contributed by atoms with Crippen LogP contribution in [0.25, 0.3) is 0 Å². The number of rotatable bonds is 4. The van der Waals surface area contributed by atoms with Crippen LogP contribution >= 0.6 is 0 Å². The minimum atomic E-state index is -0.920. The van der Waals surface area contributed by atoms with Crippen molar-refractivity contribution in [2.24, 2.45) is 0 Å². The Bertz CT molecular complexity index is 284. The highest BCUT2D eigenvalue weighted by Crippen LogP contribution is 2.07. The number of hydrogen-bond donors (Lipinski definition) is 4. The Hall–Kier alpha value is -1.22. The van der Waals surface area contributed by atoms with Crippen LogP contribution in [0.5, 0.6) is 0 Å². The van der Waals surface area contributed by atoms with E-state index < -0.39 is 11.9 Å². The van der Waals surface area contributed by atoms with Crippen molar-refractivity contribution in [2.45, 2.75) is 38.5 Å². The van der Waals surface area contributed by atoms with Gasteiger partial charge in [0.05, 0.1) is 0 Å². The number of carboxylic acids is 2. The Morgan fingerprint density at radius 1 is 0.750 bits per heavy atom. The van der Waals surface area contributed by atoms with Crippen molar-refractivity contribution < 1.29 is 19.8 Å². The molecule has 0 aromatic heterocycles. The quantitative estimate of drug-likeness (QED) is 0.574. The van der Waals surface area contributed by atoms with Crippen LogP contribution < -0.4 is 11.1 Å². The molecule has 0 unspecified atom stereocenters. The molecule has 1 fully saturated rings. The summed E-state index contributed by atoms with van der Waals surface area (Å²) >= 11 is 0. The maximum atomic E-state index is 10.8. The Balaban J connectivity index is 2.52. The van der Waals surface area contributed by atoms with Gasteiger partial charge in [-0.25, -0.2) is 10.0 Å². The summed E-state index contributed by atoms with van der Waals surface area (Å²) in [6.07, 6.45) is 6.26. The first-order valence-electron chi connectivity index (χ1n) is 7.02. The summed E-state index contributed by atoms with van der Waals surface area (Å²) in [6, 6.07) is 0. The van der Waals surface area contributed by atoms with Gasteiger partial charge in [0.15, 0.2) is 0 Å². The average molecular weight is 288 g/mol. The van der Waals surface area contributed by atoms with Gasteiger partial charge < -0.3 is 10.2 Å². The molecule has 0 aliphatic carbocycles. The summed E-state index contributed by atoms with van der Waals surface area (Å²) < 4.78 is 0. The van der Waals surface area contributed by atoms with E-state index in [1.807, 2.05) is 0 Å². The predicted molar refractivity (Wildman–Crippen MR) is 72.4 cm³/mol. The highest BCUT2D eigenvalue weighted by Gasteiger charge is 2.13. The number of nitrogens with one attached hydrogen (secondary N) is 2. The van der Waals surface area contributed by atoms with E-state index in [9.17, 15) is 9.59 Å². The minimum Gasteiger partial charge on any atom is -0.480 e. The molecule has 116 valence electrons. The van der Waals surface area contributed by atoms with Crippen LogP contribution in [0.1, 0.15) is 38.5 Å². The van der Waals surface area contributed by atoms with Crippen LogP contribution in [0.2, 0.25) is 0 Å². The SMILES string of the molecule is O=C(O)CN1CCCCCCCCN(CC(=O)O)NN1. The van der Waals surface area contributed by atoms with Gasteiger partial charge in [-0.15, -0.1) is 0 Å². The third-order valence-electron chi connectivity index (χ3n) is 3.12. The van der Waals surface area contributed by atoms with Gasteiger partial charge in [-0.2, -0.15) is 11.1 Å². The number of aliphatic carboxylic acids is 2. The topological polar surface area (TPSA) is 105 Å². The Morgan fingerprint density at radius 3 is 1.45 bits per heavy atom. The fourth-order valence-corrected chi connectivity index (χ4v) is 2.13. The Morgan fingerprint density at radius 2 is 1.10 bits per heavy atom. The van der Waals surface area contributed by atoms with Crippen molar-refractivity contribution in [1.29, 1.82) is 0 Å². The molecule has 1 heterocycles. The molecule has 0 bridgehead atoms. The van der Waals surface area contributed by atoms with Crippen LogP contribution in [0.3, 0.4) is 0 Å². The lowest BCUT2D eigenvalue weighted by Crippen LogP contribution is -2.57. The number of hydrogen-bond acceptors (Lipinski definition) is 6. The van der Waals surface area contributed by atoms with E-state index in [1.54, 1.807) is 10.0 Å². The number of carboxylic acid groups (broad SMARTS) is 2. The van der Waals surface area contributed by atoms with Gasteiger partial charge >= 0.3 is 11.9 Å². The lowest BCUT2D eigenvalue weighted by atomic mass is 10.1. The maximum Gasteiger partial charge on any atom is 0.319 e. The van der Waals surface area contributed by atoms with E-state index in [-0.39, 0.29) is 13.1 Å². The number of hydrazine groups is 3. The van der Waals surface area contributed by atoms with Crippen LogP contribution in [-0.4, -0.2) is 58.3 Å². The number of carbonyl (C=O) groups is 2. The predicted octanol–water partition coefficient (Wildman–Crippen LogP) is 0.0380. The molecule has 1 rings (SSSR count). The third kappa shape index (κ3) is 8.05. The molecule has 1 saturated heterocycles. The molecule has 0 atom stereocenters. The molecule has 1 aliphatic rings. The molecule has 0 amide bonds. The molecule has 0 radical (unpaired) electrons. The summed E-state index contributed by atoms with van der Waals surface area (Å²) in [5, 5.41) is 20.8. The smallest absolute Gasteiger partial charge is 0.319 e. The van der Waals surface area contributed by atoms with Crippen molar-refractivity contribution in [3.05, 3.63) is 0 Å². The molecule has 4 N–H and O–H groups in total. The molecule has 1 aliphatic heterocycles. The summed E-state index contributed by atoms with van der Waals surface area (Å²) in [5.74, 6) is -1.84. The van der Waals surface area contributed by atoms with Crippen LogP contribution in [0.4, 0.5) is 0 Å². The Labute approximate surface area is 118 Å². The first-order valence-corrected chi connectivity index (χ1v) is 7.02. The van der Waals surface area contributed by atoms with Gasteiger partial charge in [0, 0.05) is 13.1 Å². The van der Waals surface area contributed by atoms with E-state index in [0.717, 1.165) is 38.5 Å². The fourth-order valence-electron chi connectivity index (χ4n) is 2.13. The maximum absolute atomic E-state index is 10.8. The number of nitrogens with zero attached hydrogens (tertiary/aromatic N) is 2. The normalized spacial score (nSPS) is 20.8. The zero-order valence-electron chi connectivity index (χ0n) is 11.7. The van der Waals surface area contributed by atoms with E-state index in [1.165, 1.54) is 0 Å². The first-order chi connectivity index (χ1) is 9.58. The van der Waals surface area contributed by atoms with Crippen LogP contribution in [0, 0.1) is 0 Å². The molecule has 0 saturated carbocycles. The van der Waals surface area contributed by atoms with Crippen molar-refractivity contribution >= 4 is 11.9 Å². The summed E-state index contributed by atoms with van der Waals surface area (Å²) in [7, 11) is 0.